The van der Waals surface area contributed by atoms with Gasteiger partial charge in [0.25, 0.3) is 5.24 Å². The zero-order valence-corrected chi connectivity index (χ0v) is 17.9. The molecule has 1 aliphatic heterocycles. The van der Waals surface area contributed by atoms with Crippen LogP contribution in [0.5, 0.6) is 0 Å². The molecule has 1 atom stereocenters. The zero-order valence-electron chi connectivity index (χ0n) is 16.3. The van der Waals surface area contributed by atoms with E-state index in [2.05, 4.69) is 10.6 Å². The van der Waals surface area contributed by atoms with Gasteiger partial charge in [-0.1, -0.05) is 11.8 Å². The average molecular weight is 480 g/mol. The first-order valence-corrected chi connectivity index (χ1v) is 11.5. The minimum absolute atomic E-state index is 0.140. The number of sulfonamides is 1. The van der Waals surface area contributed by atoms with Gasteiger partial charge in [-0.15, -0.1) is 0 Å². The Kier molecular flexibility index (Phi) is 6.91. The zero-order chi connectivity index (χ0) is 23.5. The molecule has 0 radical (unpaired) electrons. The van der Waals surface area contributed by atoms with Crippen LogP contribution >= 0.6 is 11.8 Å². The van der Waals surface area contributed by atoms with Crippen LogP contribution in [0.4, 0.5) is 20.6 Å². The molecule has 1 saturated heterocycles. The molecule has 4 N–H and O–H groups in total. The Labute approximate surface area is 186 Å². The van der Waals surface area contributed by atoms with E-state index in [0.717, 1.165) is 17.0 Å². The summed E-state index contributed by atoms with van der Waals surface area (Å²) in [6.07, 6.45) is -0.306. The Morgan fingerprint density at radius 3 is 2.06 bits per heavy atom. The van der Waals surface area contributed by atoms with E-state index in [1.807, 2.05) is 0 Å². The highest BCUT2D eigenvalue weighted by Gasteiger charge is 2.41. The predicted molar refractivity (Wildman–Crippen MR) is 115 cm³/mol. The number of imide groups is 1. The molecule has 4 amide bonds. The van der Waals surface area contributed by atoms with Crippen LogP contribution in [-0.4, -0.2) is 48.1 Å². The number of amides is 4. The molecule has 2 aromatic carbocycles. The van der Waals surface area contributed by atoms with E-state index in [1.54, 1.807) is 0 Å². The number of primary sulfonamides is 1. The van der Waals surface area contributed by atoms with Crippen molar-refractivity contribution in [1.82, 2.24) is 4.90 Å². The van der Waals surface area contributed by atoms with Gasteiger partial charge in [-0.2, -0.15) is 0 Å². The van der Waals surface area contributed by atoms with Crippen LogP contribution in [0.1, 0.15) is 6.42 Å². The average Bonchev–Trinajstić information content (AvgIpc) is 2.96. The SMILES string of the molecule is NS(=O)(=O)c1ccc(NC(=O)CN2C(=O)SC(CC(=O)Nc3ccc(F)cc3)C2=O)cc1. The fourth-order valence-electron chi connectivity index (χ4n) is 2.76. The van der Waals surface area contributed by atoms with Gasteiger partial charge in [0, 0.05) is 17.8 Å². The van der Waals surface area contributed by atoms with Crippen molar-refractivity contribution >= 4 is 56.1 Å². The minimum Gasteiger partial charge on any atom is -0.326 e. The summed E-state index contributed by atoms with van der Waals surface area (Å²) >= 11 is 0.632. The summed E-state index contributed by atoms with van der Waals surface area (Å²) in [6.45, 7) is -0.572. The summed E-state index contributed by atoms with van der Waals surface area (Å²) in [5, 5.41) is 8.28. The van der Waals surface area contributed by atoms with E-state index in [4.69, 9.17) is 5.14 Å². The Hall–Kier alpha value is -3.29. The summed E-state index contributed by atoms with van der Waals surface area (Å²) in [5.41, 5.74) is 0.576. The minimum atomic E-state index is -3.88. The first-order valence-electron chi connectivity index (χ1n) is 9.03. The summed E-state index contributed by atoms with van der Waals surface area (Å²) in [7, 11) is -3.88. The second-order valence-corrected chi connectivity index (χ2v) is 9.39. The van der Waals surface area contributed by atoms with Gasteiger partial charge in [0.15, 0.2) is 0 Å². The molecule has 0 bridgehead atoms. The molecule has 13 heteroatoms. The summed E-state index contributed by atoms with van der Waals surface area (Å²) in [4.78, 5) is 49.6. The molecule has 1 heterocycles. The number of nitrogens with zero attached hydrogens (tertiary/aromatic N) is 1. The maximum Gasteiger partial charge on any atom is 0.289 e. The lowest BCUT2D eigenvalue weighted by molar-refractivity contribution is -0.131. The molecule has 1 aliphatic rings. The molecule has 1 unspecified atom stereocenters. The van der Waals surface area contributed by atoms with Crippen LogP contribution in [0, 0.1) is 5.82 Å². The van der Waals surface area contributed by atoms with Crippen molar-refractivity contribution in [2.75, 3.05) is 17.2 Å². The highest BCUT2D eigenvalue weighted by molar-refractivity contribution is 8.15. The van der Waals surface area contributed by atoms with E-state index in [-0.39, 0.29) is 17.0 Å². The van der Waals surface area contributed by atoms with E-state index < -0.39 is 50.6 Å². The molecule has 32 heavy (non-hydrogen) atoms. The lowest BCUT2D eigenvalue weighted by atomic mass is 10.2. The number of anilines is 2. The molecule has 0 aliphatic carbocycles. The first kappa shape index (κ1) is 23.4. The Balaban J connectivity index is 1.55. The third-order valence-electron chi connectivity index (χ3n) is 4.27. The highest BCUT2D eigenvalue weighted by atomic mass is 32.2. The Bertz CT molecular complexity index is 1170. The molecule has 3 rings (SSSR count). The molecule has 0 saturated carbocycles. The van der Waals surface area contributed by atoms with Crippen molar-refractivity contribution in [1.29, 1.82) is 0 Å². The van der Waals surface area contributed by atoms with E-state index >= 15 is 0 Å². The summed E-state index contributed by atoms with van der Waals surface area (Å²) in [6, 6.07) is 10.0. The number of nitrogens with one attached hydrogen (secondary N) is 2. The van der Waals surface area contributed by atoms with Gasteiger partial charge >= 0.3 is 0 Å². The number of hydrogen-bond donors (Lipinski definition) is 3. The van der Waals surface area contributed by atoms with E-state index in [9.17, 15) is 32.0 Å². The number of nitrogens with two attached hydrogens (primary N) is 1. The van der Waals surface area contributed by atoms with Crippen LogP contribution < -0.4 is 15.8 Å². The molecular formula is C19H17FN4O6S2. The van der Waals surface area contributed by atoms with Gasteiger partial charge < -0.3 is 10.6 Å². The monoisotopic (exact) mass is 480 g/mol. The number of thioether (sulfide) groups is 1. The number of halogens is 1. The molecule has 10 nitrogen and oxygen atoms in total. The highest BCUT2D eigenvalue weighted by Crippen LogP contribution is 2.29. The van der Waals surface area contributed by atoms with Crippen molar-refractivity contribution in [2.24, 2.45) is 5.14 Å². The number of rotatable bonds is 7. The molecule has 2 aromatic rings. The smallest absolute Gasteiger partial charge is 0.289 e. The number of carbonyl (C=O) groups excluding carboxylic acids is 4. The fraction of sp³-hybridized carbons (Fsp3) is 0.158. The third kappa shape index (κ3) is 5.90. The van der Waals surface area contributed by atoms with Crippen LogP contribution in [-0.2, 0) is 24.4 Å². The molecule has 0 spiro atoms. The summed E-state index contributed by atoms with van der Waals surface area (Å²) in [5.74, 6) is -2.39. The Morgan fingerprint density at radius 2 is 1.50 bits per heavy atom. The van der Waals surface area contributed by atoms with E-state index in [1.165, 1.54) is 36.4 Å². The van der Waals surface area contributed by atoms with Gasteiger partial charge in [0.2, 0.25) is 27.7 Å². The number of carbonyl (C=O) groups is 4. The normalized spacial score (nSPS) is 16.2. The van der Waals surface area contributed by atoms with Gasteiger partial charge in [-0.05, 0) is 48.5 Å². The maximum absolute atomic E-state index is 12.9. The fourth-order valence-corrected chi connectivity index (χ4v) is 4.26. The standard InChI is InChI=1S/C19H17FN4O6S2/c20-11-1-3-12(4-2-11)22-16(25)9-15-18(27)24(19(28)31-15)10-17(26)23-13-5-7-14(8-6-13)32(21,29)30/h1-8,15H,9-10H2,(H,22,25)(H,23,26)(H2,21,29,30). The maximum atomic E-state index is 12.9. The van der Waals surface area contributed by atoms with Crippen molar-refractivity contribution < 1.29 is 32.0 Å². The van der Waals surface area contributed by atoms with Crippen molar-refractivity contribution in [3.63, 3.8) is 0 Å². The quantitative estimate of drug-likeness (QED) is 0.542. The first-order chi connectivity index (χ1) is 15.0. The lowest BCUT2D eigenvalue weighted by Gasteiger charge is -2.14. The van der Waals surface area contributed by atoms with Crippen LogP contribution in [0.25, 0.3) is 0 Å². The molecule has 0 aromatic heterocycles. The third-order valence-corrected chi connectivity index (χ3v) is 6.28. The molecule has 168 valence electrons. The second kappa shape index (κ2) is 9.46. The summed E-state index contributed by atoms with van der Waals surface area (Å²) < 4.78 is 35.4. The van der Waals surface area contributed by atoms with Crippen LogP contribution in [0.2, 0.25) is 0 Å². The van der Waals surface area contributed by atoms with Crippen LogP contribution in [0.15, 0.2) is 53.4 Å². The molecular weight excluding hydrogens is 463 g/mol. The van der Waals surface area contributed by atoms with Crippen molar-refractivity contribution in [3.8, 4) is 0 Å². The second-order valence-electron chi connectivity index (χ2n) is 6.67. The van der Waals surface area contributed by atoms with Gasteiger partial charge in [0.05, 0.1) is 4.90 Å². The van der Waals surface area contributed by atoms with Crippen LogP contribution in [0.3, 0.4) is 0 Å². The van der Waals surface area contributed by atoms with Gasteiger partial charge in [-0.25, -0.2) is 17.9 Å². The number of hydrogen-bond acceptors (Lipinski definition) is 7. The van der Waals surface area contributed by atoms with Crippen molar-refractivity contribution in [2.45, 2.75) is 16.6 Å². The largest absolute Gasteiger partial charge is 0.326 e. The van der Waals surface area contributed by atoms with Crippen molar-refractivity contribution in [3.05, 3.63) is 54.3 Å². The topological polar surface area (TPSA) is 156 Å². The number of benzene rings is 2. The van der Waals surface area contributed by atoms with Gasteiger partial charge in [-0.3, -0.25) is 24.1 Å². The lowest BCUT2D eigenvalue weighted by Crippen LogP contribution is -2.38. The van der Waals surface area contributed by atoms with E-state index in [0.29, 0.717) is 17.4 Å². The molecule has 1 fully saturated rings. The predicted octanol–water partition coefficient (Wildman–Crippen LogP) is 1.50. The van der Waals surface area contributed by atoms with Gasteiger partial charge in [0.1, 0.15) is 17.6 Å². The Morgan fingerprint density at radius 1 is 0.969 bits per heavy atom.